The molecule has 0 unspecified atom stereocenters. The van der Waals surface area contributed by atoms with Crippen molar-refractivity contribution < 1.29 is 4.74 Å². The zero-order valence-corrected chi connectivity index (χ0v) is 15.4. The third-order valence-corrected chi connectivity index (χ3v) is 5.03. The van der Waals surface area contributed by atoms with Crippen LogP contribution in [0.25, 0.3) is 11.2 Å². The van der Waals surface area contributed by atoms with E-state index >= 15 is 0 Å². The van der Waals surface area contributed by atoms with E-state index in [1.165, 1.54) is 0 Å². The van der Waals surface area contributed by atoms with Crippen molar-refractivity contribution in [2.45, 2.75) is 33.6 Å². The van der Waals surface area contributed by atoms with Crippen LogP contribution in [0.2, 0.25) is 0 Å². The van der Waals surface area contributed by atoms with Crippen molar-refractivity contribution in [3.05, 3.63) is 29.7 Å². The minimum atomic E-state index is 0.514. The Morgan fingerprint density at radius 2 is 1.92 bits per heavy atom. The predicted molar refractivity (Wildman–Crippen MR) is 98.4 cm³/mol. The highest BCUT2D eigenvalue weighted by Gasteiger charge is 2.23. The first-order valence-corrected chi connectivity index (χ1v) is 8.95. The van der Waals surface area contributed by atoms with Crippen LogP contribution in [0.1, 0.15) is 29.9 Å². The summed E-state index contributed by atoms with van der Waals surface area (Å²) in [6.07, 6.45) is 5.36. The van der Waals surface area contributed by atoms with Gasteiger partial charge in [-0.05, 0) is 39.5 Å². The fraction of sp³-hybridized carbons (Fsp3) is 0.500. The molecule has 4 heterocycles. The highest BCUT2D eigenvalue weighted by molar-refractivity contribution is 5.82. The third kappa shape index (κ3) is 3.18. The number of rotatable bonds is 4. The molecule has 0 atom stereocenters. The van der Waals surface area contributed by atoms with Crippen LogP contribution < -0.4 is 9.64 Å². The van der Waals surface area contributed by atoms with Crippen LogP contribution in [-0.2, 0) is 0 Å². The molecule has 0 aliphatic carbocycles. The van der Waals surface area contributed by atoms with Gasteiger partial charge < -0.3 is 14.6 Å². The summed E-state index contributed by atoms with van der Waals surface area (Å²) in [6.45, 7) is 8.48. The highest BCUT2D eigenvalue weighted by atomic mass is 16.5. The van der Waals surface area contributed by atoms with E-state index in [0.717, 1.165) is 54.3 Å². The van der Waals surface area contributed by atoms with Crippen molar-refractivity contribution in [3.63, 3.8) is 0 Å². The van der Waals surface area contributed by atoms with Gasteiger partial charge in [0, 0.05) is 24.3 Å². The topological polar surface area (TPSA) is 92.7 Å². The first-order valence-electron chi connectivity index (χ1n) is 8.95. The van der Waals surface area contributed by atoms with Crippen molar-refractivity contribution in [3.8, 4) is 5.88 Å². The normalized spacial score (nSPS) is 15.6. The Hall–Kier alpha value is -2.77. The first kappa shape index (κ1) is 16.7. The smallest absolute Gasteiger partial charge is 0.219 e. The monoisotopic (exact) mass is 353 g/mol. The number of aryl methyl sites for hydroxylation is 2. The average molecular weight is 353 g/mol. The zero-order chi connectivity index (χ0) is 18.1. The Morgan fingerprint density at radius 3 is 2.73 bits per heavy atom. The van der Waals surface area contributed by atoms with Gasteiger partial charge in [0.2, 0.25) is 5.88 Å². The number of nitrogens with zero attached hydrogens (tertiary/aromatic N) is 6. The lowest BCUT2D eigenvalue weighted by molar-refractivity contribution is 0.214. The van der Waals surface area contributed by atoms with Crippen molar-refractivity contribution in [1.29, 1.82) is 0 Å². The maximum Gasteiger partial charge on any atom is 0.219 e. The molecule has 136 valence electrons. The van der Waals surface area contributed by atoms with Crippen LogP contribution in [0.4, 0.5) is 5.82 Å². The molecule has 0 bridgehead atoms. The molecular weight excluding hydrogens is 330 g/mol. The summed E-state index contributed by atoms with van der Waals surface area (Å²) in [5, 5.41) is 0. The Bertz CT molecular complexity index is 915. The van der Waals surface area contributed by atoms with E-state index in [-0.39, 0.29) is 0 Å². The van der Waals surface area contributed by atoms with Gasteiger partial charge in [0.05, 0.1) is 12.9 Å². The second-order valence-electron chi connectivity index (χ2n) is 6.83. The number of H-pyrrole nitrogens is 1. The maximum absolute atomic E-state index is 6.03. The predicted octanol–water partition coefficient (Wildman–Crippen LogP) is 2.36. The van der Waals surface area contributed by atoms with E-state index in [1.54, 1.807) is 12.7 Å². The molecule has 0 radical (unpaired) electrons. The van der Waals surface area contributed by atoms with Crippen molar-refractivity contribution in [2.24, 2.45) is 5.92 Å². The van der Waals surface area contributed by atoms with Gasteiger partial charge in [-0.2, -0.15) is 4.98 Å². The van der Waals surface area contributed by atoms with E-state index < -0.39 is 0 Å². The fourth-order valence-electron chi connectivity index (χ4n) is 3.38. The van der Waals surface area contributed by atoms with Crippen LogP contribution in [0.5, 0.6) is 5.88 Å². The Morgan fingerprint density at radius 1 is 1.12 bits per heavy atom. The standard InChI is InChI=1S/C18H23N7O/c1-11-12(2)23-13(3)24-18(11)26-8-14-4-6-25(7-5-14)17-15-16(20-9-19-15)21-10-22-17/h9-10,14H,4-8H2,1-3H3,(H,19,20,21,22). The molecule has 1 aliphatic heterocycles. The largest absolute Gasteiger partial charge is 0.477 e. The van der Waals surface area contributed by atoms with E-state index in [2.05, 4.69) is 34.8 Å². The van der Waals surface area contributed by atoms with Crippen molar-refractivity contribution >= 4 is 17.0 Å². The van der Waals surface area contributed by atoms with Gasteiger partial charge in [-0.1, -0.05) is 0 Å². The van der Waals surface area contributed by atoms with Crippen LogP contribution in [0, 0.1) is 26.7 Å². The number of imidazole rings is 1. The minimum absolute atomic E-state index is 0.514. The van der Waals surface area contributed by atoms with E-state index in [4.69, 9.17) is 4.74 Å². The number of piperidine rings is 1. The number of nitrogens with one attached hydrogen (secondary N) is 1. The maximum atomic E-state index is 6.03. The zero-order valence-electron chi connectivity index (χ0n) is 15.4. The molecule has 0 aromatic carbocycles. The van der Waals surface area contributed by atoms with E-state index in [0.29, 0.717) is 24.1 Å². The van der Waals surface area contributed by atoms with Crippen LogP contribution in [0.3, 0.4) is 0 Å². The summed E-state index contributed by atoms with van der Waals surface area (Å²) in [5.74, 6) is 2.92. The SMILES string of the molecule is Cc1nc(C)c(C)c(OCC2CCN(c3ncnc4nc[nH]c34)CC2)n1. The molecule has 1 aliphatic rings. The number of aromatic amines is 1. The lowest BCUT2D eigenvalue weighted by atomic mass is 9.98. The van der Waals surface area contributed by atoms with Crippen LogP contribution >= 0.6 is 0 Å². The Labute approximate surface area is 152 Å². The van der Waals surface area contributed by atoms with Crippen LogP contribution in [-0.4, -0.2) is 49.6 Å². The second-order valence-corrected chi connectivity index (χ2v) is 6.83. The van der Waals surface area contributed by atoms with Crippen molar-refractivity contribution in [1.82, 2.24) is 29.9 Å². The number of aromatic nitrogens is 6. The summed E-state index contributed by atoms with van der Waals surface area (Å²) in [4.78, 5) is 27.1. The lowest BCUT2D eigenvalue weighted by Crippen LogP contribution is -2.36. The molecule has 1 N–H and O–H groups in total. The molecule has 0 saturated carbocycles. The lowest BCUT2D eigenvalue weighted by Gasteiger charge is -2.32. The summed E-state index contributed by atoms with van der Waals surface area (Å²) in [7, 11) is 0. The summed E-state index contributed by atoms with van der Waals surface area (Å²) in [6, 6.07) is 0. The molecule has 8 nitrogen and oxygen atoms in total. The van der Waals surface area contributed by atoms with Crippen molar-refractivity contribution in [2.75, 3.05) is 24.6 Å². The second kappa shape index (κ2) is 6.86. The molecular formula is C18H23N7O. The Kier molecular flexibility index (Phi) is 4.40. The van der Waals surface area contributed by atoms with Crippen LogP contribution in [0.15, 0.2) is 12.7 Å². The molecule has 4 rings (SSSR count). The Balaban J connectivity index is 1.38. The van der Waals surface area contributed by atoms with Gasteiger partial charge in [-0.15, -0.1) is 0 Å². The van der Waals surface area contributed by atoms with Gasteiger partial charge in [-0.3, -0.25) is 0 Å². The minimum Gasteiger partial charge on any atom is -0.477 e. The molecule has 26 heavy (non-hydrogen) atoms. The quantitative estimate of drug-likeness (QED) is 0.769. The number of hydrogen-bond acceptors (Lipinski definition) is 7. The molecule has 8 heteroatoms. The van der Waals surface area contributed by atoms with Gasteiger partial charge in [0.1, 0.15) is 17.7 Å². The van der Waals surface area contributed by atoms with E-state index in [9.17, 15) is 0 Å². The number of ether oxygens (including phenoxy) is 1. The van der Waals surface area contributed by atoms with Gasteiger partial charge >= 0.3 is 0 Å². The first-order chi connectivity index (χ1) is 12.6. The molecule has 0 amide bonds. The third-order valence-electron chi connectivity index (χ3n) is 5.03. The van der Waals surface area contributed by atoms with Gasteiger partial charge in [0.25, 0.3) is 0 Å². The molecule has 1 fully saturated rings. The molecule has 1 saturated heterocycles. The summed E-state index contributed by atoms with van der Waals surface area (Å²) in [5.41, 5.74) is 3.63. The molecule has 3 aromatic heterocycles. The summed E-state index contributed by atoms with van der Waals surface area (Å²) >= 11 is 0. The molecule has 3 aromatic rings. The highest BCUT2D eigenvalue weighted by Crippen LogP contribution is 2.26. The number of anilines is 1. The number of fused-ring (bicyclic) bond motifs is 1. The molecule has 0 spiro atoms. The fourth-order valence-corrected chi connectivity index (χ4v) is 3.38. The van der Waals surface area contributed by atoms with Gasteiger partial charge in [0.15, 0.2) is 11.5 Å². The average Bonchev–Trinajstić information content (AvgIpc) is 3.13. The number of hydrogen-bond donors (Lipinski definition) is 1. The van der Waals surface area contributed by atoms with Gasteiger partial charge in [-0.25, -0.2) is 19.9 Å². The summed E-state index contributed by atoms with van der Waals surface area (Å²) < 4.78 is 6.03. The van der Waals surface area contributed by atoms with E-state index in [1.807, 2.05) is 20.8 Å².